The molecule has 0 radical (unpaired) electrons. The molecule has 0 heterocycles. The fourth-order valence-electron chi connectivity index (χ4n) is 3.58. The van der Waals surface area contributed by atoms with Crippen molar-refractivity contribution in [3.8, 4) is 0 Å². The highest BCUT2D eigenvalue weighted by atomic mass is 19.3. The van der Waals surface area contributed by atoms with Gasteiger partial charge in [-0.25, -0.2) is 8.78 Å². The van der Waals surface area contributed by atoms with Crippen molar-refractivity contribution in [2.45, 2.75) is 62.8 Å². The fraction of sp³-hybridized carbons (Fsp3) is 0.647. The maximum Gasteiger partial charge on any atom is 0.248 e. The lowest BCUT2D eigenvalue weighted by Gasteiger charge is -2.35. The Labute approximate surface area is 119 Å². The van der Waals surface area contributed by atoms with Crippen molar-refractivity contribution in [1.82, 2.24) is 0 Å². The van der Waals surface area contributed by atoms with Crippen molar-refractivity contribution < 1.29 is 8.78 Å². The molecule has 0 aromatic heterocycles. The number of hydrogen-bond donors (Lipinski definition) is 1. The van der Waals surface area contributed by atoms with E-state index in [1.165, 1.54) is 30.4 Å². The molecule has 0 spiro atoms. The second kappa shape index (κ2) is 5.44. The van der Waals surface area contributed by atoms with Crippen molar-refractivity contribution in [1.29, 1.82) is 0 Å². The van der Waals surface area contributed by atoms with Crippen LogP contribution < -0.4 is 5.73 Å². The van der Waals surface area contributed by atoms with Crippen LogP contribution in [-0.2, 0) is 0 Å². The van der Waals surface area contributed by atoms with Crippen LogP contribution in [0.3, 0.4) is 0 Å². The number of nitrogens with two attached hydrogens (primary N) is 1. The summed E-state index contributed by atoms with van der Waals surface area (Å²) in [6.45, 7) is 0. The predicted octanol–water partition coefficient (Wildman–Crippen LogP) is 4.78. The first-order valence-corrected chi connectivity index (χ1v) is 7.79. The van der Waals surface area contributed by atoms with Crippen LogP contribution in [0.4, 0.5) is 8.78 Å². The number of halogens is 2. The van der Waals surface area contributed by atoms with E-state index in [2.05, 4.69) is 18.2 Å². The summed E-state index contributed by atoms with van der Waals surface area (Å²) in [5, 5.41) is 0. The molecule has 0 bridgehead atoms. The van der Waals surface area contributed by atoms with Gasteiger partial charge >= 0.3 is 0 Å². The smallest absolute Gasteiger partial charge is 0.248 e. The van der Waals surface area contributed by atoms with Crippen LogP contribution >= 0.6 is 0 Å². The highest BCUT2D eigenvalue weighted by Gasteiger charge is 2.37. The molecule has 1 aromatic rings. The van der Waals surface area contributed by atoms with Gasteiger partial charge in [-0.3, -0.25) is 0 Å². The molecule has 3 rings (SSSR count). The lowest BCUT2D eigenvalue weighted by atomic mass is 9.73. The van der Waals surface area contributed by atoms with Gasteiger partial charge in [-0.15, -0.1) is 0 Å². The standard InChI is InChI=1S/C17H23F2N/c18-17(19)10-8-13(9-11-17)16(20)15-7-2-1-6-14(15)12-4-3-5-12/h1-2,6-7,12-13,16H,3-5,8-11,20H2. The van der Waals surface area contributed by atoms with Gasteiger partial charge in [-0.05, 0) is 48.6 Å². The van der Waals surface area contributed by atoms with Gasteiger partial charge in [0.05, 0.1) is 0 Å². The molecule has 1 nitrogen and oxygen atoms in total. The summed E-state index contributed by atoms with van der Waals surface area (Å²) >= 11 is 0. The average Bonchev–Trinajstić information content (AvgIpc) is 2.37. The average molecular weight is 279 g/mol. The van der Waals surface area contributed by atoms with Crippen LogP contribution in [0.2, 0.25) is 0 Å². The number of alkyl halides is 2. The lowest BCUT2D eigenvalue weighted by Crippen LogP contribution is -2.31. The minimum atomic E-state index is -2.47. The monoisotopic (exact) mass is 279 g/mol. The quantitative estimate of drug-likeness (QED) is 0.846. The number of rotatable bonds is 3. The summed E-state index contributed by atoms with van der Waals surface area (Å²) in [7, 11) is 0. The molecule has 3 heteroatoms. The van der Waals surface area contributed by atoms with Crippen LogP contribution in [0.1, 0.15) is 68.0 Å². The van der Waals surface area contributed by atoms with Gasteiger partial charge in [0, 0.05) is 18.9 Å². The fourth-order valence-corrected chi connectivity index (χ4v) is 3.58. The number of benzene rings is 1. The Kier molecular flexibility index (Phi) is 3.80. The molecule has 0 saturated heterocycles. The Morgan fingerprint density at radius 3 is 2.30 bits per heavy atom. The summed E-state index contributed by atoms with van der Waals surface area (Å²) < 4.78 is 26.5. The SMILES string of the molecule is NC(c1ccccc1C1CCC1)C1CCC(F)(F)CC1. The molecule has 110 valence electrons. The first-order chi connectivity index (χ1) is 9.57. The van der Waals surface area contributed by atoms with E-state index in [0.29, 0.717) is 18.8 Å². The predicted molar refractivity (Wildman–Crippen MR) is 76.9 cm³/mol. The molecule has 1 atom stereocenters. The Morgan fingerprint density at radius 1 is 1.05 bits per heavy atom. The zero-order valence-electron chi connectivity index (χ0n) is 11.8. The molecule has 2 N–H and O–H groups in total. The van der Waals surface area contributed by atoms with Gasteiger partial charge in [0.1, 0.15) is 0 Å². The summed E-state index contributed by atoms with van der Waals surface area (Å²) in [6.07, 6.45) is 4.87. The Morgan fingerprint density at radius 2 is 1.70 bits per heavy atom. The number of hydrogen-bond acceptors (Lipinski definition) is 1. The van der Waals surface area contributed by atoms with Gasteiger partial charge in [-0.1, -0.05) is 30.7 Å². The van der Waals surface area contributed by atoms with Crippen molar-refractivity contribution in [3.05, 3.63) is 35.4 Å². The van der Waals surface area contributed by atoms with E-state index in [9.17, 15) is 8.78 Å². The molecule has 2 saturated carbocycles. The van der Waals surface area contributed by atoms with E-state index in [1.54, 1.807) is 0 Å². The van der Waals surface area contributed by atoms with E-state index in [0.717, 1.165) is 0 Å². The zero-order chi connectivity index (χ0) is 14.2. The van der Waals surface area contributed by atoms with E-state index in [1.807, 2.05) is 6.07 Å². The molecule has 0 aliphatic heterocycles. The molecule has 2 aliphatic rings. The van der Waals surface area contributed by atoms with Crippen LogP contribution in [0.25, 0.3) is 0 Å². The summed E-state index contributed by atoms with van der Waals surface area (Å²) in [6, 6.07) is 8.29. The largest absolute Gasteiger partial charge is 0.324 e. The maximum absolute atomic E-state index is 13.3. The first kappa shape index (κ1) is 14.0. The summed E-state index contributed by atoms with van der Waals surface area (Å²) in [5.41, 5.74) is 9.00. The Hall–Kier alpha value is -0.960. The Balaban J connectivity index is 1.75. The molecule has 2 aliphatic carbocycles. The van der Waals surface area contributed by atoms with Gasteiger partial charge in [0.25, 0.3) is 0 Å². The van der Waals surface area contributed by atoms with E-state index < -0.39 is 5.92 Å². The normalized spacial score (nSPS) is 25.1. The third kappa shape index (κ3) is 2.73. The minimum Gasteiger partial charge on any atom is -0.324 e. The van der Waals surface area contributed by atoms with Gasteiger partial charge < -0.3 is 5.73 Å². The molecular formula is C17H23F2N. The highest BCUT2D eigenvalue weighted by Crippen LogP contribution is 2.44. The highest BCUT2D eigenvalue weighted by molar-refractivity contribution is 5.34. The second-order valence-electron chi connectivity index (χ2n) is 6.48. The van der Waals surface area contributed by atoms with E-state index in [-0.39, 0.29) is 24.8 Å². The van der Waals surface area contributed by atoms with Crippen molar-refractivity contribution in [3.63, 3.8) is 0 Å². The summed E-state index contributed by atoms with van der Waals surface area (Å²) in [4.78, 5) is 0. The van der Waals surface area contributed by atoms with Gasteiger partial charge in [0.15, 0.2) is 0 Å². The first-order valence-electron chi connectivity index (χ1n) is 7.79. The van der Waals surface area contributed by atoms with Crippen LogP contribution in [-0.4, -0.2) is 5.92 Å². The topological polar surface area (TPSA) is 26.0 Å². The van der Waals surface area contributed by atoms with Crippen LogP contribution in [0.15, 0.2) is 24.3 Å². The van der Waals surface area contributed by atoms with Gasteiger partial charge in [0.2, 0.25) is 5.92 Å². The summed E-state index contributed by atoms with van der Waals surface area (Å²) in [5.74, 6) is -1.62. The second-order valence-corrected chi connectivity index (χ2v) is 6.48. The molecular weight excluding hydrogens is 256 g/mol. The zero-order valence-corrected chi connectivity index (χ0v) is 11.8. The maximum atomic E-state index is 13.3. The van der Waals surface area contributed by atoms with Crippen LogP contribution in [0.5, 0.6) is 0 Å². The molecule has 1 unspecified atom stereocenters. The molecule has 0 amide bonds. The Bertz CT molecular complexity index is 458. The van der Waals surface area contributed by atoms with Crippen LogP contribution in [0, 0.1) is 5.92 Å². The van der Waals surface area contributed by atoms with Crippen molar-refractivity contribution in [2.24, 2.45) is 11.7 Å². The molecule has 2 fully saturated rings. The van der Waals surface area contributed by atoms with E-state index in [4.69, 9.17) is 5.73 Å². The third-order valence-corrected chi connectivity index (χ3v) is 5.17. The van der Waals surface area contributed by atoms with Crippen molar-refractivity contribution >= 4 is 0 Å². The third-order valence-electron chi connectivity index (χ3n) is 5.17. The molecule has 20 heavy (non-hydrogen) atoms. The minimum absolute atomic E-state index is 0.00301. The van der Waals surface area contributed by atoms with E-state index >= 15 is 0 Å². The molecule has 1 aromatic carbocycles. The van der Waals surface area contributed by atoms with Crippen molar-refractivity contribution in [2.75, 3.05) is 0 Å². The van der Waals surface area contributed by atoms with Gasteiger partial charge in [-0.2, -0.15) is 0 Å². The lowest BCUT2D eigenvalue weighted by molar-refractivity contribution is -0.0483.